The summed E-state index contributed by atoms with van der Waals surface area (Å²) in [6.07, 6.45) is 8.96. The fourth-order valence-electron chi connectivity index (χ4n) is 10.1. The number of H-pyrrole nitrogens is 1. The largest absolute Gasteiger partial charge is 0.480 e. The number of aromatic amines is 1. The number of piperidine rings is 1. The molecule has 7 heterocycles. The molecule has 1 aliphatic carbocycles. The minimum Gasteiger partial charge on any atom is -0.480 e. The third kappa shape index (κ3) is 6.40. The number of nitrogens with zero attached hydrogens (tertiary/aromatic N) is 6. The first-order chi connectivity index (χ1) is 26.6. The number of fused-ring (bicyclic) bond motifs is 3. The second kappa shape index (κ2) is 14.2. The van der Waals surface area contributed by atoms with Crippen molar-refractivity contribution < 1.29 is 32.9 Å². The Hall–Kier alpha value is -4.05. The number of aryl methyl sites for hydroxylation is 1. The standard InChI is InChI=1S/C39H48ClFN8O6/c1-21-13-26-25(16-43-47-26)28(30(21)40)32-31(41)33-29(35(44-32)51-4)34(48-11-12-52-20-39(18-48)17-42-37(50)55-39)46-36(45-33)53-19-38-8-5-7-27(38)49(10-6-9-38)24-14-22(2)54-23(3)15-24/h13,16,22-24,27H,5-12,14-15,17-20H2,1-4H3,(H,42,50)(H,43,47)/t22-,23+,24?,27-,38-,39+/m1/s1. The van der Waals surface area contributed by atoms with Gasteiger partial charge in [-0.25, -0.2) is 14.2 Å². The van der Waals surface area contributed by atoms with E-state index in [4.69, 9.17) is 50.2 Å². The molecule has 4 aromatic rings. The highest BCUT2D eigenvalue weighted by molar-refractivity contribution is 6.35. The number of hydrogen-bond acceptors (Lipinski definition) is 12. The van der Waals surface area contributed by atoms with Gasteiger partial charge in [0.25, 0.3) is 0 Å². The average Bonchev–Trinajstić information content (AvgIpc) is 3.87. The Bertz CT molecular complexity index is 2130. The lowest BCUT2D eigenvalue weighted by Gasteiger charge is -2.51. The van der Waals surface area contributed by atoms with Crippen LogP contribution in [0.2, 0.25) is 5.02 Å². The van der Waals surface area contributed by atoms with Crippen molar-refractivity contribution in [2.75, 3.05) is 58.0 Å². The first-order valence-electron chi connectivity index (χ1n) is 19.5. The van der Waals surface area contributed by atoms with Crippen LogP contribution in [0, 0.1) is 18.2 Å². The van der Waals surface area contributed by atoms with Gasteiger partial charge in [-0.15, -0.1) is 0 Å². The van der Waals surface area contributed by atoms with Crippen LogP contribution in [0.5, 0.6) is 11.9 Å². The molecule has 5 fully saturated rings. The van der Waals surface area contributed by atoms with Crippen molar-refractivity contribution in [2.45, 2.75) is 95.6 Å². The lowest BCUT2D eigenvalue weighted by molar-refractivity contribution is -0.0967. The molecule has 1 aromatic carbocycles. The number of amides is 1. The number of alkyl carbamates (subject to hydrolysis) is 1. The monoisotopic (exact) mass is 778 g/mol. The third-order valence-corrected chi connectivity index (χ3v) is 13.0. The Morgan fingerprint density at radius 2 is 1.95 bits per heavy atom. The molecule has 1 amide bonds. The van der Waals surface area contributed by atoms with Crippen LogP contribution in [0.3, 0.4) is 0 Å². The van der Waals surface area contributed by atoms with E-state index < -0.39 is 17.5 Å². The lowest BCUT2D eigenvalue weighted by atomic mass is 9.74. The molecule has 55 heavy (non-hydrogen) atoms. The number of carbonyl (C=O) groups excluding carboxylic acids is 1. The van der Waals surface area contributed by atoms with Gasteiger partial charge in [0.2, 0.25) is 5.88 Å². The molecule has 1 unspecified atom stereocenters. The third-order valence-electron chi connectivity index (χ3n) is 12.5. The molecular weight excluding hydrogens is 731 g/mol. The molecule has 1 spiro atoms. The van der Waals surface area contributed by atoms with Crippen LogP contribution >= 0.6 is 11.6 Å². The highest BCUT2D eigenvalue weighted by atomic mass is 35.5. The van der Waals surface area contributed by atoms with Crippen molar-refractivity contribution in [3.05, 3.63) is 28.7 Å². The van der Waals surface area contributed by atoms with Gasteiger partial charge in [-0.1, -0.05) is 18.0 Å². The van der Waals surface area contributed by atoms with E-state index in [0.717, 1.165) is 57.1 Å². The molecule has 2 N–H and O–H groups in total. The first-order valence-corrected chi connectivity index (χ1v) is 19.9. The first kappa shape index (κ1) is 36.6. The molecule has 4 saturated heterocycles. The molecule has 6 atom stereocenters. The van der Waals surface area contributed by atoms with Crippen LogP contribution in [0.1, 0.15) is 64.4 Å². The van der Waals surface area contributed by atoms with Crippen LogP contribution in [-0.4, -0.2) is 119 Å². The van der Waals surface area contributed by atoms with Crippen LogP contribution in [-0.2, 0) is 14.2 Å². The van der Waals surface area contributed by atoms with Crippen molar-refractivity contribution in [1.29, 1.82) is 0 Å². The number of pyridine rings is 1. The van der Waals surface area contributed by atoms with Gasteiger partial charge >= 0.3 is 12.1 Å². The number of likely N-dealkylation sites (tertiary alicyclic amines) is 1. The molecule has 14 nitrogen and oxygen atoms in total. The summed E-state index contributed by atoms with van der Waals surface area (Å²) in [6, 6.07) is 2.74. The fraction of sp³-hybridized carbons (Fsp3) is 0.615. The molecule has 5 aliphatic rings. The molecule has 3 aromatic heterocycles. The fourth-order valence-corrected chi connectivity index (χ4v) is 10.4. The molecule has 16 heteroatoms. The number of anilines is 1. The van der Waals surface area contributed by atoms with E-state index in [9.17, 15) is 4.79 Å². The molecule has 9 rings (SSSR count). The summed E-state index contributed by atoms with van der Waals surface area (Å²) in [7, 11) is 1.48. The van der Waals surface area contributed by atoms with E-state index in [1.54, 1.807) is 6.20 Å². The van der Waals surface area contributed by atoms with Crippen molar-refractivity contribution in [1.82, 2.24) is 35.4 Å². The van der Waals surface area contributed by atoms with Crippen molar-refractivity contribution in [3.63, 3.8) is 0 Å². The van der Waals surface area contributed by atoms with Gasteiger partial charge in [-0.05, 0) is 77.5 Å². The van der Waals surface area contributed by atoms with E-state index in [-0.39, 0.29) is 65.8 Å². The summed E-state index contributed by atoms with van der Waals surface area (Å²) in [5, 5.41) is 11.1. The minimum absolute atomic E-state index is 0.0206. The average molecular weight is 779 g/mol. The van der Waals surface area contributed by atoms with E-state index in [1.165, 1.54) is 7.11 Å². The summed E-state index contributed by atoms with van der Waals surface area (Å²) in [5.74, 6) is -0.236. The van der Waals surface area contributed by atoms with E-state index in [1.807, 2.05) is 17.9 Å². The van der Waals surface area contributed by atoms with Crippen LogP contribution in [0.25, 0.3) is 33.1 Å². The maximum absolute atomic E-state index is 17.4. The minimum atomic E-state index is -0.978. The molecule has 294 valence electrons. The zero-order valence-electron chi connectivity index (χ0n) is 31.8. The maximum Gasteiger partial charge on any atom is 0.408 e. The highest BCUT2D eigenvalue weighted by Crippen LogP contribution is 2.50. The maximum atomic E-state index is 17.4. The van der Waals surface area contributed by atoms with Gasteiger partial charge in [-0.3, -0.25) is 10.00 Å². The normalized spacial score (nSPS) is 30.1. The van der Waals surface area contributed by atoms with Crippen LogP contribution < -0.4 is 19.7 Å². The van der Waals surface area contributed by atoms with Crippen molar-refractivity contribution >= 4 is 45.3 Å². The summed E-state index contributed by atoms with van der Waals surface area (Å²) < 4.78 is 47.9. The van der Waals surface area contributed by atoms with Crippen LogP contribution in [0.15, 0.2) is 12.3 Å². The zero-order valence-corrected chi connectivity index (χ0v) is 32.5. The number of carbonyl (C=O) groups is 1. The highest BCUT2D eigenvalue weighted by Gasteiger charge is 2.51. The molecule has 0 bridgehead atoms. The number of rotatable bonds is 7. The summed E-state index contributed by atoms with van der Waals surface area (Å²) >= 11 is 6.91. The zero-order chi connectivity index (χ0) is 38.1. The summed E-state index contributed by atoms with van der Waals surface area (Å²) in [5.41, 5.74) is 0.683. The number of ether oxygens (including phenoxy) is 5. The molecule has 0 radical (unpaired) electrons. The van der Waals surface area contributed by atoms with Crippen LogP contribution in [0.4, 0.5) is 15.0 Å². The van der Waals surface area contributed by atoms with Gasteiger partial charge in [0.15, 0.2) is 11.4 Å². The Morgan fingerprint density at radius 3 is 2.73 bits per heavy atom. The summed E-state index contributed by atoms with van der Waals surface area (Å²) in [4.78, 5) is 31.5. The Labute approximate surface area is 323 Å². The SMILES string of the molecule is COc1nc(-c2c(Cl)c(C)cc3[nH]ncc23)c(F)c2nc(OC[C@]34CCC[C@H]3N(C3C[C@@H](C)O[C@@H](C)C3)CCC4)nc(N3CCOC[C@]4(CNC(=O)O4)C3)c12. The van der Waals surface area contributed by atoms with Crippen molar-refractivity contribution in [3.8, 4) is 23.1 Å². The van der Waals surface area contributed by atoms with Gasteiger partial charge in [0.1, 0.15) is 22.4 Å². The van der Waals surface area contributed by atoms with E-state index >= 15 is 4.39 Å². The van der Waals surface area contributed by atoms with E-state index in [2.05, 4.69) is 34.3 Å². The number of aromatic nitrogens is 5. The number of methoxy groups -OCH3 is 1. The van der Waals surface area contributed by atoms with Gasteiger partial charge < -0.3 is 33.9 Å². The lowest BCUT2D eigenvalue weighted by Crippen LogP contribution is -2.57. The molecule has 1 saturated carbocycles. The van der Waals surface area contributed by atoms with Gasteiger partial charge in [-0.2, -0.15) is 15.1 Å². The van der Waals surface area contributed by atoms with Gasteiger partial charge in [0, 0.05) is 35.0 Å². The van der Waals surface area contributed by atoms with Gasteiger partial charge in [0.05, 0.1) is 69.0 Å². The Kier molecular flexibility index (Phi) is 9.42. The van der Waals surface area contributed by atoms with E-state index in [0.29, 0.717) is 59.1 Å². The predicted molar refractivity (Wildman–Crippen MR) is 203 cm³/mol. The summed E-state index contributed by atoms with van der Waals surface area (Å²) in [6.45, 7) is 9.04. The Balaban J connectivity index is 1.15. The number of benzene rings is 1. The molecular formula is C39H48ClFN8O6. The number of hydrogen-bond donors (Lipinski definition) is 2. The number of halogens is 2. The second-order valence-corrected chi connectivity index (χ2v) is 16.6. The molecule has 4 aliphatic heterocycles. The quantitative estimate of drug-likeness (QED) is 0.228. The van der Waals surface area contributed by atoms with Crippen molar-refractivity contribution in [2.24, 2.45) is 5.41 Å². The Morgan fingerprint density at radius 1 is 1.13 bits per heavy atom. The second-order valence-electron chi connectivity index (χ2n) is 16.2. The predicted octanol–water partition coefficient (Wildman–Crippen LogP) is 5.96. The smallest absolute Gasteiger partial charge is 0.408 e. The number of nitrogens with one attached hydrogen (secondary N) is 2. The topological polar surface area (TPSA) is 149 Å².